The molecule has 0 amide bonds. The Morgan fingerprint density at radius 2 is 2.00 bits per heavy atom. The first-order valence-electron chi connectivity index (χ1n) is 6.59. The third-order valence-electron chi connectivity index (χ3n) is 4.04. The minimum absolute atomic E-state index is 0.282. The van der Waals surface area contributed by atoms with Crippen molar-refractivity contribution in [2.45, 2.75) is 43.7 Å². The molecule has 1 aliphatic rings. The Hall–Kier alpha value is -0.900. The molecule has 2 aromatic rings. The van der Waals surface area contributed by atoms with Gasteiger partial charge in [0, 0.05) is 17.2 Å². The maximum Gasteiger partial charge on any atom is 0.0689 e. The van der Waals surface area contributed by atoms with Gasteiger partial charge in [0.1, 0.15) is 0 Å². The van der Waals surface area contributed by atoms with Crippen molar-refractivity contribution in [3.05, 3.63) is 35.2 Å². The summed E-state index contributed by atoms with van der Waals surface area (Å²) >= 11 is 1.77. The van der Waals surface area contributed by atoms with Crippen LogP contribution in [0.25, 0.3) is 10.1 Å². The van der Waals surface area contributed by atoms with E-state index in [1.165, 1.54) is 15.6 Å². The van der Waals surface area contributed by atoms with Crippen LogP contribution >= 0.6 is 11.3 Å². The minimum atomic E-state index is -0.542. The molecular weight excluding hydrogens is 242 g/mol. The lowest BCUT2D eigenvalue weighted by molar-refractivity contribution is 0.000552. The van der Waals surface area contributed by atoms with Crippen molar-refractivity contribution in [1.29, 1.82) is 0 Å². The topological polar surface area (TPSA) is 46.2 Å². The largest absolute Gasteiger partial charge is 0.390 e. The zero-order chi connectivity index (χ0) is 12.6. The molecule has 1 heterocycles. The van der Waals surface area contributed by atoms with Crippen LogP contribution in [0.15, 0.2) is 29.6 Å². The third kappa shape index (κ3) is 2.30. The predicted octanol–water partition coefficient (Wildman–Crippen LogP) is 3.08. The molecule has 0 atom stereocenters. The van der Waals surface area contributed by atoms with Gasteiger partial charge in [0.05, 0.1) is 5.60 Å². The normalized spacial score (nSPS) is 28.7. The van der Waals surface area contributed by atoms with Gasteiger partial charge in [-0.15, -0.1) is 11.3 Å². The van der Waals surface area contributed by atoms with Crippen LogP contribution in [0, 0.1) is 0 Å². The van der Waals surface area contributed by atoms with Crippen LogP contribution in [-0.2, 0) is 6.42 Å². The number of hydrogen-bond acceptors (Lipinski definition) is 3. The number of rotatable bonds is 2. The maximum absolute atomic E-state index is 10.7. The lowest BCUT2D eigenvalue weighted by atomic mass is 9.79. The zero-order valence-corrected chi connectivity index (χ0v) is 11.2. The van der Waals surface area contributed by atoms with E-state index >= 15 is 0 Å². The molecule has 1 fully saturated rings. The highest BCUT2D eigenvalue weighted by Crippen LogP contribution is 2.34. The van der Waals surface area contributed by atoms with Gasteiger partial charge < -0.3 is 10.8 Å². The average molecular weight is 261 g/mol. The SMILES string of the molecule is NC1CCC(O)(Cc2csc3ccccc23)CC1. The Labute approximate surface area is 111 Å². The molecule has 2 nitrogen and oxygen atoms in total. The Morgan fingerprint density at radius 3 is 2.78 bits per heavy atom. The number of aliphatic hydroxyl groups is 1. The number of fused-ring (bicyclic) bond motifs is 1. The highest BCUT2D eigenvalue weighted by molar-refractivity contribution is 7.17. The number of nitrogens with two attached hydrogens (primary N) is 1. The average Bonchev–Trinajstić information content (AvgIpc) is 2.77. The zero-order valence-electron chi connectivity index (χ0n) is 10.4. The lowest BCUT2D eigenvalue weighted by Gasteiger charge is -2.34. The fourth-order valence-corrected chi connectivity index (χ4v) is 3.84. The molecule has 1 saturated carbocycles. The molecule has 0 aliphatic heterocycles. The fraction of sp³-hybridized carbons (Fsp3) is 0.467. The smallest absolute Gasteiger partial charge is 0.0689 e. The van der Waals surface area contributed by atoms with E-state index in [4.69, 9.17) is 5.73 Å². The predicted molar refractivity (Wildman–Crippen MR) is 76.9 cm³/mol. The molecule has 18 heavy (non-hydrogen) atoms. The van der Waals surface area contributed by atoms with Crippen molar-refractivity contribution in [3.63, 3.8) is 0 Å². The Kier molecular flexibility index (Phi) is 3.14. The third-order valence-corrected chi connectivity index (χ3v) is 5.05. The van der Waals surface area contributed by atoms with Gasteiger partial charge in [-0.25, -0.2) is 0 Å². The molecule has 96 valence electrons. The molecule has 0 unspecified atom stereocenters. The first-order chi connectivity index (χ1) is 8.66. The van der Waals surface area contributed by atoms with Gasteiger partial charge in [-0.1, -0.05) is 18.2 Å². The van der Waals surface area contributed by atoms with Gasteiger partial charge in [-0.3, -0.25) is 0 Å². The van der Waals surface area contributed by atoms with Crippen molar-refractivity contribution in [3.8, 4) is 0 Å². The Morgan fingerprint density at radius 1 is 1.28 bits per heavy atom. The number of thiophene rings is 1. The molecule has 0 radical (unpaired) electrons. The Bertz CT molecular complexity index is 540. The summed E-state index contributed by atoms with van der Waals surface area (Å²) in [7, 11) is 0. The van der Waals surface area contributed by atoms with Crippen LogP contribution in [0.2, 0.25) is 0 Å². The summed E-state index contributed by atoms with van der Waals surface area (Å²) in [5.74, 6) is 0. The van der Waals surface area contributed by atoms with Crippen LogP contribution < -0.4 is 5.73 Å². The van der Waals surface area contributed by atoms with Gasteiger partial charge in [0.15, 0.2) is 0 Å². The quantitative estimate of drug-likeness (QED) is 0.872. The van der Waals surface area contributed by atoms with Crippen LogP contribution in [0.5, 0.6) is 0 Å². The van der Waals surface area contributed by atoms with Gasteiger partial charge >= 0.3 is 0 Å². The molecular formula is C15H19NOS. The van der Waals surface area contributed by atoms with E-state index in [1.54, 1.807) is 11.3 Å². The molecule has 3 rings (SSSR count). The molecule has 3 heteroatoms. The van der Waals surface area contributed by atoms with E-state index in [9.17, 15) is 5.11 Å². The van der Waals surface area contributed by atoms with Crippen molar-refractivity contribution in [2.24, 2.45) is 5.73 Å². The number of hydrogen-bond donors (Lipinski definition) is 2. The van der Waals surface area contributed by atoms with Gasteiger partial charge in [-0.05, 0) is 48.1 Å². The van der Waals surface area contributed by atoms with Crippen LogP contribution in [-0.4, -0.2) is 16.7 Å². The summed E-state index contributed by atoms with van der Waals surface area (Å²) in [6.45, 7) is 0. The summed E-state index contributed by atoms with van der Waals surface area (Å²) in [4.78, 5) is 0. The van der Waals surface area contributed by atoms with E-state index in [1.807, 2.05) is 0 Å². The summed E-state index contributed by atoms with van der Waals surface area (Å²) in [5, 5.41) is 14.2. The monoisotopic (exact) mass is 261 g/mol. The van der Waals surface area contributed by atoms with Crippen molar-refractivity contribution >= 4 is 21.4 Å². The van der Waals surface area contributed by atoms with Gasteiger partial charge in [-0.2, -0.15) is 0 Å². The van der Waals surface area contributed by atoms with E-state index in [-0.39, 0.29) is 6.04 Å². The molecule has 1 aromatic heterocycles. The standard InChI is InChI=1S/C15H19NOS/c16-12-5-7-15(17,8-6-12)9-11-10-18-14-4-2-1-3-13(11)14/h1-4,10,12,17H,5-9,16H2. The molecule has 0 spiro atoms. The van der Waals surface area contributed by atoms with Crippen LogP contribution in [0.4, 0.5) is 0 Å². The first kappa shape index (κ1) is 12.2. The summed E-state index contributed by atoms with van der Waals surface area (Å²) < 4.78 is 1.31. The molecule has 0 saturated heterocycles. The highest BCUT2D eigenvalue weighted by atomic mass is 32.1. The first-order valence-corrected chi connectivity index (χ1v) is 7.47. The Balaban J connectivity index is 1.84. The van der Waals surface area contributed by atoms with E-state index in [0.29, 0.717) is 0 Å². The van der Waals surface area contributed by atoms with Gasteiger partial charge in [0.25, 0.3) is 0 Å². The summed E-state index contributed by atoms with van der Waals surface area (Å²) in [6, 6.07) is 8.71. The van der Waals surface area contributed by atoms with Crippen LogP contribution in [0.1, 0.15) is 31.2 Å². The highest BCUT2D eigenvalue weighted by Gasteiger charge is 2.32. The molecule has 3 N–H and O–H groups in total. The fourth-order valence-electron chi connectivity index (χ4n) is 2.88. The van der Waals surface area contributed by atoms with E-state index < -0.39 is 5.60 Å². The molecule has 0 bridgehead atoms. The minimum Gasteiger partial charge on any atom is -0.390 e. The molecule has 1 aromatic carbocycles. The molecule has 1 aliphatic carbocycles. The van der Waals surface area contributed by atoms with Crippen LogP contribution in [0.3, 0.4) is 0 Å². The van der Waals surface area contributed by atoms with E-state index in [0.717, 1.165) is 32.1 Å². The summed E-state index contributed by atoms with van der Waals surface area (Å²) in [5.41, 5.74) is 6.65. The number of benzene rings is 1. The van der Waals surface area contributed by atoms with Crippen molar-refractivity contribution in [1.82, 2.24) is 0 Å². The van der Waals surface area contributed by atoms with Crippen molar-refractivity contribution in [2.75, 3.05) is 0 Å². The van der Waals surface area contributed by atoms with Gasteiger partial charge in [0.2, 0.25) is 0 Å². The second-order valence-corrected chi connectivity index (χ2v) is 6.41. The summed E-state index contributed by atoms with van der Waals surface area (Å²) in [6.07, 6.45) is 4.32. The van der Waals surface area contributed by atoms with Crippen molar-refractivity contribution < 1.29 is 5.11 Å². The second-order valence-electron chi connectivity index (χ2n) is 5.50. The lowest BCUT2D eigenvalue weighted by Crippen LogP contribution is -2.40. The van der Waals surface area contributed by atoms with E-state index in [2.05, 4.69) is 29.6 Å². The second kappa shape index (κ2) is 4.65. The maximum atomic E-state index is 10.7.